The van der Waals surface area contributed by atoms with Crippen LogP contribution in [0.25, 0.3) is 22.3 Å². The number of benzene rings is 2. The zero-order valence-corrected chi connectivity index (χ0v) is 20.0. The molecule has 176 valence electrons. The summed E-state index contributed by atoms with van der Waals surface area (Å²) in [6.45, 7) is 4.47. The molecule has 1 aliphatic rings. The Morgan fingerprint density at radius 1 is 1.11 bits per heavy atom. The van der Waals surface area contributed by atoms with Gasteiger partial charge < -0.3 is 20.1 Å². The predicted molar refractivity (Wildman–Crippen MR) is 136 cm³/mol. The first kappa shape index (κ1) is 22.7. The van der Waals surface area contributed by atoms with Crippen LogP contribution in [0.1, 0.15) is 24.1 Å². The molecule has 4 aromatic rings. The number of anilines is 1. The Bertz CT molecular complexity index is 1400. The van der Waals surface area contributed by atoms with Crippen molar-refractivity contribution in [3.63, 3.8) is 0 Å². The molecule has 1 saturated heterocycles. The number of carbonyl (C=O) groups is 1. The monoisotopic (exact) mass is 485 g/mol. The number of urea groups is 1. The third kappa shape index (κ3) is 4.77. The largest absolute Gasteiger partial charge is 0.352 e. The highest BCUT2D eigenvalue weighted by Gasteiger charge is 2.25. The van der Waals surface area contributed by atoms with Crippen LogP contribution in [-0.2, 0) is 0 Å². The lowest BCUT2D eigenvalue weighted by Crippen LogP contribution is -2.52. The number of carbonyl (C=O) groups excluding carboxylic acids is 1. The summed E-state index contributed by atoms with van der Waals surface area (Å²) in [6.07, 6.45) is 1.56. The van der Waals surface area contributed by atoms with Gasteiger partial charge in [0.05, 0.1) is 23.1 Å². The Labute approximate surface area is 208 Å². The second kappa shape index (κ2) is 9.65. The van der Waals surface area contributed by atoms with Crippen molar-refractivity contribution in [2.24, 2.45) is 0 Å². The van der Waals surface area contributed by atoms with Crippen LogP contribution in [0.5, 0.6) is 0 Å². The summed E-state index contributed by atoms with van der Waals surface area (Å²) >= 11 is 6.09. The van der Waals surface area contributed by atoms with Gasteiger partial charge in [-0.1, -0.05) is 35.9 Å². The SMILES string of the molecule is C[C@H](NC(=O)N1CCN(c2ncnc3[nH]c(-c4ccc(C#N)cc4)cc23)CC1)c1cccc(Cl)c1. The van der Waals surface area contributed by atoms with Crippen LogP contribution in [0.4, 0.5) is 10.6 Å². The van der Waals surface area contributed by atoms with Gasteiger partial charge >= 0.3 is 6.03 Å². The molecule has 3 heterocycles. The Morgan fingerprint density at radius 2 is 1.89 bits per heavy atom. The molecule has 2 amide bonds. The van der Waals surface area contributed by atoms with E-state index in [1.165, 1.54) is 0 Å². The number of nitrogens with zero attached hydrogens (tertiary/aromatic N) is 5. The van der Waals surface area contributed by atoms with Crippen molar-refractivity contribution in [2.75, 3.05) is 31.1 Å². The first-order valence-corrected chi connectivity index (χ1v) is 11.8. The van der Waals surface area contributed by atoms with E-state index in [0.717, 1.165) is 33.7 Å². The molecular formula is C26H24ClN7O. The molecule has 0 saturated carbocycles. The maximum Gasteiger partial charge on any atom is 0.317 e. The van der Waals surface area contributed by atoms with Gasteiger partial charge in [0.2, 0.25) is 0 Å². The third-order valence-corrected chi connectivity index (χ3v) is 6.52. The summed E-state index contributed by atoms with van der Waals surface area (Å²) in [5.74, 6) is 0.846. The Balaban J connectivity index is 1.27. The maximum atomic E-state index is 12.8. The fourth-order valence-corrected chi connectivity index (χ4v) is 4.51. The van der Waals surface area contributed by atoms with Gasteiger partial charge in [-0.25, -0.2) is 14.8 Å². The molecule has 2 aromatic heterocycles. The minimum atomic E-state index is -0.138. The number of nitriles is 1. The quantitative estimate of drug-likeness (QED) is 0.434. The molecule has 8 nitrogen and oxygen atoms in total. The summed E-state index contributed by atoms with van der Waals surface area (Å²) in [4.78, 5) is 29.2. The van der Waals surface area contributed by atoms with E-state index < -0.39 is 0 Å². The van der Waals surface area contributed by atoms with Crippen molar-refractivity contribution in [1.82, 2.24) is 25.2 Å². The topological polar surface area (TPSA) is 101 Å². The van der Waals surface area contributed by atoms with Crippen LogP contribution in [0.3, 0.4) is 0 Å². The van der Waals surface area contributed by atoms with Crippen LogP contribution in [-0.4, -0.2) is 52.1 Å². The van der Waals surface area contributed by atoms with Gasteiger partial charge in [-0.05, 0) is 48.4 Å². The van der Waals surface area contributed by atoms with Crippen molar-refractivity contribution in [1.29, 1.82) is 5.26 Å². The molecule has 1 fully saturated rings. The van der Waals surface area contributed by atoms with E-state index in [4.69, 9.17) is 16.9 Å². The summed E-state index contributed by atoms with van der Waals surface area (Å²) in [5, 5.41) is 13.7. The number of hydrogen-bond donors (Lipinski definition) is 2. The van der Waals surface area contributed by atoms with E-state index >= 15 is 0 Å². The van der Waals surface area contributed by atoms with Crippen LogP contribution < -0.4 is 10.2 Å². The van der Waals surface area contributed by atoms with Gasteiger partial charge in [-0.15, -0.1) is 0 Å². The lowest BCUT2D eigenvalue weighted by Gasteiger charge is -2.36. The molecule has 9 heteroatoms. The molecule has 0 bridgehead atoms. The molecule has 35 heavy (non-hydrogen) atoms. The van der Waals surface area contributed by atoms with E-state index in [1.54, 1.807) is 18.5 Å². The number of amides is 2. The highest BCUT2D eigenvalue weighted by Crippen LogP contribution is 2.29. The van der Waals surface area contributed by atoms with Gasteiger partial charge in [-0.3, -0.25) is 0 Å². The Kier molecular flexibility index (Phi) is 6.25. The number of rotatable bonds is 4. The molecule has 0 spiro atoms. The fraction of sp³-hybridized carbons (Fsp3) is 0.231. The predicted octanol–water partition coefficient (Wildman–Crippen LogP) is 4.74. The van der Waals surface area contributed by atoms with Crippen LogP contribution in [0.2, 0.25) is 5.02 Å². The van der Waals surface area contributed by atoms with Crippen molar-refractivity contribution in [2.45, 2.75) is 13.0 Å². The number of H-pyrrole nitrogens is 1. The zero-order valence-electron chi connectivity index (χ0n) is 19.2. The number of aromatic amines is 1. The molecule has 2 N–H and O–H groups in total. The highest BCUT2D eigenvalue weighted by atomic mass is 35.5. The average Bonchev–Trinajstić information content (AvgIpc) is 3.33. The Hall–Kier alpha value is -4.09. The lowest BCUT2D eigenvalue weighted by molar-refractivity contribution is 0.191. The van der Waals surface area contributed by atoms with Gasteiger partial charge in [0.25, 0.3) is 0 Å². The molecule has 1 atom stereocenters. The smallest absolute Gasteiger partial charge is 0.317 e. The van der Waals surface area contributed by atoms with Gasteiger partial charge in [0.15, 0.2) is 0 Å². The average molecular weight is 486 g/mol. The van der Waals surface area contributed by atoms with E-state index in [2.05, 4.69) is 31.2 Å². The minimum absolute atomic E-state index is 0.0882. The van der Waals surface area contributed by atoms with Gasteiger partial charge in [0, 0.05) is 36.9 Å². The standard InChI is InChI=1S/C26H24ClN7O/c1-17(20-3-2-4-21(27)13-20)31-26(35)34-11-9-33(10-12-34)25-22-14-23(32-24(22)29-16-30-25)19-7-5-18(15-28)6-8-19/h2-8,13-14,16-17H,9-12H2,1H3,(H,31,35)(H,29,30,32)/t17-/m0/s1. The van der Waals surface area contributed by atoms with E-state index in [9.17, 15) is 4.79 Å². The molecule has 0 radical (unpaired) electrons. The van der Waals surface area contributed by atoms with Crippen molar-refractivity contribution < 1.29 is 4.79 Å². The highest BCUT2D eigenvalue weighted by molar-refractivity contribution is 6.30. The summed E-state index contributed by atoms with van der Waals surface area (Å²) < 4.78 is 0. The molecule has 1 aliphatic heterocycles. The van der Waals surface area contributed by atoms with Crippen LogP contribution >= 0.6 is 11.6 Å². The summed E-state index contributed by atoms with van der Waals surface area (Å²) in [6, 6.07) is 18.9. The zero-order chi connectivity index (χ0) is 24.4. The number of halogens is 1. The molecular weight excluding hydrogens is 462 g/mol. The molecule has 2 aromatic carbocycles. The minimum Gasteiger partial charge on any atom is -0.352 e. The van der Waals surface area contributed by atoms with E-state index in [0.29, 0.717) is 36.8 Å². The van der Waals surface area contributed by atoms with Crippen molar-refractivity contribution >= 4 is 34.5 Å². The Morgan fingerprint density at radius 3 is 2.60 bits per heavy atom. The molecule has 5 rings (SSSR count). The number of nitrogens with one attached hydrogen (secondary N) is 2. The normalized spacial score (nSPS) is 14.5. The number of piperazine rings is 1. The fourth-order valence-electron chi connectivity index (χ4n) is 4.32. The molecule has 0 unspecified atom stereocenters. The van der Waals surface area contributed by atoms with Gasteiger partial charge in [-0.2, -0.15) is 5.26 Å². The maximum absolute atomic E-state index is 12.8. The van der Waals surface area contributed by atoms with E-state index in [-0.39, 0.29) is 12.1 Å². The summed E-state index contributed by atoms with van der Waals surface area (Å²) in [7, 11) is 0. The third-order valence-electron chi connectivity index (χ3n) is 6.28. The van der Waals surface area contributed by atoms with Crippen LogP contribution in [0.15, 0.2) is 60.9 Å². The van der Waals surface area contributed by atoms with Crippen molar-refractivity contribution in [3.8, 4) is 17.3 Å². The second-order valence-corrected chi connectivity index (χ2v) is 8.97. The van der Waals surface area contributed by atoms with Gasteiger partial charge in [0.1, 0.15) is 17.8 Å². The first-order chi connectivity index (χ1) is 17.0. The van der Waals surface area contributed by atoms with E-state index in [1.807, 2.05) is 54.3 Å². The number of hydrogen-bond acceptors (Lipinski definition) is 5. The summed E-state index contributed by atoms with van der Waals surface area (Å²) in [5.41, 5.74) is 4.24. The second-order valence-electron chi connectivity index (χ2n) is 8.53. The number of aromatic nitrogens is 3. The lowest BCUT2D eigenvalue weighted by atomic mass is 10.1. The first-order valence-electron chi connectivity index (χ1n) is 11.4. The molecule has 0 aliphatic carbocycles. The van der Waals surface area contributed by atoms with Crippen LogP contribution in [0, 0.1) is 11.3 Å². The van der Waals surface area contributed by atoms with Crippen molar-refractivity contribution in [3.05, 3.63) is 77.1 Å². The number of fused-ring (bicyclic) bond motifs is 1.